The zero-order chi connectivity index (χ0) is 20.9. The van der Waals surface area contributed by atoms with Crippen molar-refractivity contribution in [3.05, 3.63) is 54.2 Å². The third-order valence-corrected chi connectivity index (χ3v) is 6.03. The van der Waals surface area contributed by atoms with Crippen LogP contribution in [0.5, 0.6) is 0 Å². The second-order valence-corrected chi connectivity index (χ2v) is 8.20. The Bertz CT molecular complexity index is 972. The van der Waals surface area contributed by atoms with Gasteiger partial charge in [-0.2, -0.15) is 4.99 Å². The average Bonchev–Trinajstić information content (AvgIpc) is 3.40. The highest BCUT2D eigenvalue weighted by Gasteiger charge is 2.33. The third-order valence-electron chi connectivity index (χ3n) is 4.81. The zero-order valence-electron chi connectivity index (χ0n) is 16.2. The van der Waals surface area contributed by atoms with E-state index in [-0.39, 0.29) is 24.1 Å². The smallest absolute Gasteiger partial charge is 0.262 e. The lowest BCUT2D eigenvalue weighted by molar-refractivity contribution is -0.121. The van der Waals surface area contributed by atoms with Crippen LogP contribution in [0.15, 0.2) is 53.7 Å². The Labute approximate surface area is 178 Å². The number of anilines is 2. The highest BCUT2D eigenvalue weighted by atomic mass is 32.2. The molecule has 0 spiro atoms. The van der Waals surface area contributed by atoms with E-state index in [1.165, 1.54) is 11.8 Å². The van der Waals surface area contributed by atoms with Gasteiger partial charge in [0.1, 0.15) is 11.1 Å². The summed E-state index contributed by atoms with van der Waals surface area (Å²) in [4.78, 5) is 47.0. The standard InChI is InChI=1S/C21H21N5O3S/c27-18(13-16-20(29)25-21(30-16)26-11-3-4-12-26)23-15-8-6-14(7-9-15)19(28)24-17-5-1-2-10-22-17/h1-2,5-10,16H,3-4,11-13H2,(H,23,27)(H,22,24,28). The summed E-state index contributed by atoms with van der Waals surface area (Å²) in [5, 5.41) is 5.73. The predicted octanol–water partition coefficient (Wildman–Crippen LogP) is 2.76. The molecule has 1 unspecified atom stereocenters. The lowest BCUT2D eigenvalue weighted by Gasteiger charge is -2.16. The maximum atomic E-state index is 12.4. The highest BCUT2D eigenvalue weighted by molar-refractivity contribution is 8.15. The van der Waals surface area contributed by atoms with E-state index in [1.807, 2.05) is 0 Å². The van der Waals surface area contributed by atoms with Gasteiger partial charge in [-0.25, -0.2) is 4.98 Å². The average molecular weight is 423 g/mol. The van der Waals surface area contributed by atoms with Crippen LogP contribution >= 0.6 is 11.8 Å². The van der Waals surface area contributed by atoms with Crippen molar-refractivity contribution in [2.24, 2.45) is 4.99 Å². The molecule has 3 amide bonds. The van der Waals surface area contributed by atoms with Crippen molar-refractivity contribution in [3.8, 4) is 0 Å². The largest absolute Gasteiger partial charge is 0.351 e. The first kappa shape index (κ1) is 20.1. The summed E-state index contributed by atoms with van der Waals surface area (Å²) in [6, 6.07) is 11.8. The number of nitrogens with one attached hydrogen (secondary N) is 2. The molecule has 1 fully saturated rings. The molecule has 30 heavy (non-hydrogen) atoms. The molecule has 154 valence electrons. The van der Waals surface area contributed by atoms with Crippen LogP contribution in [0.2, 0.25) is 0 Å². The number of carbonyl (C=O) groups is 3. The maximum Gasteiger partial charge on any atom is 0.262 e. The number of amides is 3. The maximum absolute atomic E-state index is 12.4. The fraction of sp³-hybridized carbons (Fsp3) is 0.286. The Balaban J connectivity index is 1.29. The SMILES string of the molecule is O=C(CC1SC(N2CCCC2)=NC1=O)Nc1ccc(C(=O)Nc2ccccn2)cc1. The van der Waals surface area contributed by atoms with E-state index >= 15 is 0 Å². The quantitative estimate of drug-likeness (QED) is 0.766. The summed E-state index contributed by atoms with van der Waals surface area (Å²) >= 11 is 1.37. The van der Waals surface area contributed by atoms with Gasteiger partial charge >= 0.3 is 0 Å². The molecule has 2 aromatic rings. The van der Waals surface area contributed by atoms with E-state index < -0.39 is 5.25 Å². The van der Waals surface area contributed by atoms with Crippen LogP contribution < -0.4 is 10.6 Å². The lowest BCUT2D eigenvalue weighted by Crippen LogP contribution is -2.25. The Morgan fingerprint density at radius 1 is 1.07 bits per heavy atom. The van der Waals surface area contributed by atoms with E-state index in [4.69, 9.17) is 0 Å². The molecule has 0 aliphatic carbocycles. The molecule has 2 aliphatic rings. The van der Waals surface area contributed by atoms with Crippen LogP contribution in [0.25, 0.3) is 0 Å². The van der Waals surface area contributed by atoms with Gasteiger partial charge in [0.05, 0.1) is 0 Å². The van der Waals surface area contributed by atoms with E-state index in [1.54, 1.807) is 48.7 Å². The van der Waals surface area contributed by atoms with Crippen molar-refractivity contribution < 1.29 is 14.4 Å². The van der Waals surface area contributed by atoms with Crippen LogP contribution in [-0.2, 0) is 9.59 Å². The Kier molecular flexibility index (Phi) is 6.08. The highest BCUT2D eigenvalue weighted by Crippen LogP contribution is 2.29. The van der Waals surface area contributed by atoms with Gasteiger partial charge in [0, 0.05) is 37.0 Å². The minimum absolute atomic E-state index is 0.0618. The second kappa shape index (κ2) is 9.08. The van der Waals surface area contributed by atoms with Crippen molar-refractivity contribution in [3.63, 3.8) is 0 Å². The first-order valence-corrected chi connectivity index (χ1v) is 10.6. The number of rotatable bonds is 5. The van der Waals surface area contributed by atoms with Crippen molar-refractivity contribution in [1.29, 1.82) is 0 Å². The summed E-state index contributed by atoms with van der Waals surface area (Å²) in [6.07, 6.45) is 3.87. The Morgan fingerprint density at radius 2 is 1.83 bits per heavy atom. The molecule has 9 heteroatoms. The van der Waals surface area contributed by atoms with E-state index in [2.05, 4.69) is 25.5 Å². The fourth-order valence-corrected chi connectivity index (χ4v) is 4.38. The summed E-state index contributed by atoms with van der Waals surface area (Å²) in [5.41, 5.74) is 1.01. The number of hydrogen-bond donors (Lipinski definition) is 2. The zero-order valence-corrected chi connectivity index (χ0v) is 17.0. The molecule has 2 N–H and O–H groups in total. The molecular weight excluding hydrogens is 402 g/mol. The first-order valence-electron chi connectivity index (χ1n) is 9.75. The minimum atomic E-state index is -0.482. The fourth-order valence-electron chi connectivity index (χ4n) is 3.26. The van der Waals surface area contributed by atoms with Crippen LogP contribution in [0.1, 0.15) is 29.6 Å². The number of hydrogen-bond acceptors (Lipinski definition) is 6. The minimum Gasteiger partial charge on any atom is -0.351 e. The van der Waals surface area contributed by atoms with Crippen LogP contribution in [-0.4, -0.2) is 51.1 Å². The van der Waals surface area contributed by atoms with Crippen LogP contribution in [0.4, 0.5) is 11.5 Å². The molecule has 0 saturated carbocycles. The van der Waals surface area contributed by atoms with Crippen molar-refractivity contribution >= 4 is 46.2 Å². The predicted molar refractivity (Wildman–Crippen MR) is 117 cm³/mol. The van der Waals surface area contributed by atoms with Gasteiger partial charge < -0.3 is 15.5 Å². The van der Waals surface area contributed by atoms with E-state index in [0.717, 1.165) is 31.1 Å². The number of nitrogens with zero attached hydrogens (tertiary/aromatic N) is 3. The van der Waals surface area contributed by atoms with Crippen molar-refractivity contribution in [2.75, 3.05) is 23.7 Å². The van der Waals surface area contributed by atoms with Crippen molar-refractivity contribution in [1.82, 2.24) is 9.88 Å². The molecule has 3 heterocycles. The lowest BCUT2D eigenvalue weighted by atomic mass is 10.2. The normalized spacial score (nSPS) is 18.3. The Morgan fingerprint density at radius 3 is 2.53 bits per heavy atom. The van der Waals surface area contributed by atoms with Crippen molar-refractivity contribution in [2.45, 2.75) is 24.5 Å². The second-order valence-electron chi connectivity index (χ2n) is 7.03. The first-order chi connectivity index (χ1) is 14.6. The molecule has 1 aromatic heterocycles. The number of aliphatic imine (C=N–C) groups is 1. The number of amidine groups is 1. The van der Waals surface area contributed by atoms with Gasteiger partial charge in [0.15, 0.2) is 5.17 Å². The molecule has 0 bridgehead atoms. The molecule has 2 aliphatic heterocycles. The monoisotopic (exact) mass is 423 g/mol. The molecule has 1 atom stereocenters. The van der Waals surface area contributed by atoms with E-state index in [9.17, 15) is 14.4 Å². The summed E-state index contributed by atoms with van der Waals surface area (Å²) in [6.45, 7) is 1.83. The van der Waals surface area contributed by atoms with Gasteiger partial charge in [-0.1, -0.05) is 17.8 Å². The molecule has 1 saturated heterocycles. The number of aromatic nitrogens is 1. The number of likely N-dealkylation sites (tertiary alicyclic amines) is 1. The topological polar surface area (TPSA) is 104 Å². The van der Waals surface area contributed by atoms with Gasteiger partial charge in [-0.3, -0.25) is 14.4 Å². The summed E-state index contributed by atoms with van der Waals surface area (Å²) in [5.74, 6) is -0.330. The van der Waals surface area contributed by atoms with Crippen LogP contribution in [0.3, 0.4) is 0 Å². The van der Waals surface area contributed by atoms with E-state index in [0.29, 0.717) is 17.1 Å². The molecule has 1 aromatic carbocycles. The number of carbonyl (C=O) groups excluding carboxylic acids is 3. The molecular formula is C21H21N5O3S. The van der Waals surface area contributed by atoms with Gasteiger partial charge in [-0.05, 0) is 49.2 Å². The number of benzene rings is 1. The number of thioether (sulfide) groups is 1. The molecule has 4 rings (SSSR count). The summed E-state index contributed by atoms with van der Waals surface area (Å²) < 4.78 is 0. The molecule has 8 nitrogen and oxygen atoms in total. The number of pyridine rings is 1. The van der Waals surface area contributed by atoms with Gasteiger partial charge in [0.25, 0.3) is 11.8 Å². The van der Waals surface area contributed by atoms with Gasteiger partial charge in [0.2, 0.25) is 5.91 Å². The summed E-state index contributed by atoms with van der Waals surface area (Å²) in [7, 11) is 0. The van der Waals surface area contributed by atoms with Gasteiger partial charge in [-0.15, -0.1) is 0 Å². The van der Waals surface area contributed by atoms with Crippen LogP contribution in [0, 0.1) is 0 Å². The third kappa shape index (κ3) is 4.85. The Hall–Kier alpha value is -3.20. The molecule has 0 radical (unpaired) electrons.